The molecule has 0 aromatic carbocycles. The van der Waals surface area contributed by atoms with Crippen molar-refractivity contribution >= 4 is 0 Å². The van der Waals surface area contributed by atoms with E-state index in [0.29, 0.717) is 43.0 Å². The summed E-state index contributed by atoms with van der Waals surface area (Å²) in [7, 11) is 0. The van der Waals surface area contributed by atoms with Crippen LogP contribution in [-0.2, 0) is 28.4 Å². The smallest absolute Gasteiger partial charge is 0.104 e. The van der Waals surface area contributed by atoms with E-state index in [1.165, 1.54) is 44.1 Å². The molecule has 39 heavy (non-hydrogen) atoms. The molecule has 4 aliphatic heterocycles. The molecule has 7 unspecified atom stereocenters. The van der Waals surface area contributed by atoms with Crippen molar-refractivity contribution in [3.63, 3.8) is 0 Å². The fourth-order valence-corrected chi connectivity index (χ4v) is 5.33. The summed E-state index contributed by atoms with van der Waals surface area (Å²) in [6.07, 6.45) is 16.4. The lowest BCUT2D eigenvalue weighted by Gasteiger charge is -2.40. The zero-order valence-electron chi connectivity index (χ0n) is 24.9. The first-order valence-corrected chi connectivity index (χ1v) is 15.0. The minimum atomic E-state index is 0.270. The van der Waals surface area contributed by atoms with Gasteiger partial charge in [0.25, 0.3) is 0 Å². The molecule has 0 amide bonds. The van der Waals surface area contributed by atoms with E-state index < -0.39 is 0 Å². The second kappa shape index (κ2) is 15.6. The molecule has 2 saturated carbocycles. The summed E-state index contributed by atoms with van der Waals surface area (Å²) >= 11 is 0. The zero-order valence-corrected chi connectivity index (χ0v) is 24.9. The van der Waals surface area contributed by atoms with Crippen LogP contribution < -0.4 is 0 Å². The average Bonchev–Trinajstić information content (AvgIpc) is 3.79. The molecule has 6 heteroatoms. The van der Waals surface area contributed by atoms with Gasteiger partial charge in [-0.1, -0.05) is 37.3 Å². The van der Waals surface area contributed by atoms with Crippen LogP contribution in [0.5, 0.6) is 0 Å². The van der Waals surface area contributed by atoms with Crippen molar-refractivity contribution in [2.45, 2.75) is 95.7 Å². The van der Waals surface area contributed by atoms with E-state index >= 15 is 0 Å². The topological polar surface area (TPSA) is 65.3 Å². The third-order valence-electron chi connectivity index (χ3n) is 8.75. The van der Waals surface area contributed by atoms with Crippen LogP contribution in [0.4, 0.5) is 0 Å². The summed E-state index contributed by atoms with van der Waals surface area (Å²) in [6, 6.07) is 0. The van der Waals surface area contributed by atoms with E-state index in [1.54, 1.807) is 12.2 Å². The highest BCUT2D eigenvalue weighted by atomic mass is 16.6. The summed E-state index contributed by atoms with van der Waals surface area (Å²) in [5.41, 5.74) is 1.93. The third kappa shape index (κ3) is 10.9. The van der Waals surface area contributed by atoms with Crippen LogP contribution in [0, 0.1) is 17.3 Å². The minimum absolute atomic E-state index is 0.270. The van der Waals surface area contributed by atoms with Crippen LogP contribution in [0.25, 0.3) is 0 Å². The molecule has 4 saturated heterocycles. The van der Waals surface area contributed by atoms with Gasteiger partial charge < -0.3 is 28.4 Å². The van der Waals surface area contributed by atoms with Crippen LogP contribution in [0.2, 0.25) is 0 Å². The molecule has 0 aromatic rings. The number of fused-ring (bicyclic) bond motifs is 2. The van der Waals surface area contributed by atoms with Crippen molar-refractivity contribution in [1.82, 2.24) is 0 Å². The highest BCUT2D eigenvalue weighted by Gasteiger charge is 2.55. The molecular formula is C33H54O6. The molecule has 6 aliphatic rings. The Bertz CT molecular complexity index is 782. The molecule has 6 rings (SSSR count). The highest BCUT2D eigenvalue weighted by molar-refractivity contribution is 5.10. The van der Waals surface area contributed by atoms with E-state index in [2.05, 4.69) is 53.2 Å². The van der Waals surface area contributed by atoms with Gasteiger partial charge in [0.1, 0.15) is 6.10 Å². The van der Waals surface area contributed by atoms with Crippen LogP contribution in [-0.4, -0.2) is 76.3 Å². The van der Waals surface area contributed by atoms with Gasteiger partial charge in [-0.3, -0.25) is 0 Å². The van der Waals surface area contributed by atoms with Crippen LogP contribution in [0.3, 0.4) is 0 Å². The molecule has 222 valence electrons. The molecule has 2 aliphatic carbocycles. The first-order valence-electron chi connectivity index (χ1n) is 15.0. The maximum Gasteiger partial charge on any atom is 0.104 e. The predicted octanol–water partition coefficient (Wildman–Crippen LogP) is 6.46. The van der Waals surface area contributed by atoms with Crippen LogP contribution >= 0.6 is 0 Å². The fraction of sp³-hybridized carbons (Fsp3) is 0.758. The number of ether oxygens (including phenoxy) is 6. The molecule has 0 spiro atoms. The van der Waals surface area contributed by atoms with E-state index in [9.17, 15) is 0 Å². The second-order valence-electron chi connectivity index (χ2n) is 12.2. The first kappa shape index (κ1) is 32.2. The third-order valence-corrected chi connectivity index (χ3v) is 8.75. The molecule has 6 nitrogen and oxygen atoms in total. The van der Waals surface area contributed by atoms with E-state index in [0.717, 1.165) is 51.3 Å². The maximum atomic E-state index is 5.60. The molecular weight excluding hydrogens is 492 g/mol. The van der Waals surface area contributed by atoms with Gasteiger partial charge in [0.2, 0.25) is 0 Å². The summed E-state index contributed by atoms with van der Waals surface area (Å²) in [6.45, 7) is 26.9. The standard InChI is InChI=1S/C10H16O.C9H16O2.C8H12O.C6H10O2/c1-7(2)8-4-5-10(3)9(6-8)11-10;1-3-5-10-6-9(4-2)7-11-8-9;1-2-6-3-4-7-8(5-6)9-7;1-2-3-7-4-6-5-8-6/h8-9H,1,4-6H2,2-3H3;3H,1,4-8H2,2H3;2,6-8H,1,3-5H2;2,6H,1,3-5H2. The lowest BCUT2D eigenvalue weighted by molar-refractivity contribution is -0.147. The van der Waals surface area contributed by atoms with Crippen molar-refractivity contribution in [2.75, 3.05) is 46.2 Å². The largest absolute Gasteiger partial charge is 0.380 e. The zero-order chi connectivity index (χ0) is 28.3. The number of rotatable bonds is 11. The lowest BCUT2D eigenvalue weighted by Crippen LogP contribution is -2.45. The summed E-state index contributed by atoms with van der Waals surface area (Å²) in [5.74, 6) is 1.48. The molecule has 6 fully saturated rings. The van der Waals surface area contributed by atoms with Crippen molar-refractivity contribution in [2.24, 2.45) is 17.3 Å². The summed E-state index contributed by atoms with van der Waals surface area (Å²) < 4.78 is 31.5. The van der Waals surface area contributed by atoms with Gasteiger partial charge in [-0.2, -0.15) is 0 Å². The van der Waals surface area contributed by atoms with E-state index in [1.807, 2.05) is 0 Å². The second-order valence-corrected chi connectivity index (χ2v) is 12.2. The molecule has 0 radical (unpaired) electrons. The number of hydrogen-bond acceptors (Lipinski definition) is 6. The normalized spacial score (nSPS) is 35.7. The van der Waals surface area contributed by atoms with Crippen molar-refractivity contribution in [1.29, 1.82) is 0 Å². The first-order chi connectivity index (χ1) is 18.8. The van der Waals surface area contributed by atoms with Gasteiger partial charge in [0, 0.05) is 5.41 Å². The average molecular weight is 547 g/mol. The molecule has 0 aromatic heterocycles. The van der Waals surface area contributed by atoms with Gasteiger partial charge in [-0.15, -0.1) is 19.7 Å². The number of allylic oxidation sites excluding steroid dienone is 2. The lowest BCUT2D eigenvalue weighted by atomic mass is 9.80. The molecule has 7 atom stereocenters. The van der Waals surface area contributed by atoms with Crippen LogP contribution in [0.15, 0.2) is 50.1 Å². The Morgan fingerprint density at radius 1 is 1.00 bits per heavy atom. The van der Waals surface area contributed by atoms with Gasteiger partial charge >= 0.3 is 0 Å². The Kier molecular flexibility index (Phi) is 12.9. The Labute approximate surface area is 237 Å². The summed E-state index contributed by atoms with van der Waals surface area (Å²) in [5, 5.41) is 0. The SMILES string of the molecule is C=C(C)C1CCC2(C)OC2C1.C=CC1CCC2OC2C1.C=CCOCC1(CC)COC1.C=CCOCC1CO1. The highest BCUT2D eigenvalue weighted by Crippen LogP contribution is 2.50. The molecule has 0 bridgehead atoms. The van der Waals surface area contributed by atoms with Crippen molar-refractivity contribution in [3.05, 3.63) is 50.1 Å². The minimum Gasteiger partial charge on any atom is -0.380 e. The van der Waals surface area contributed by atoms with Gasteiger partial charge in [-0.05, 0) is 70.6 Å². The van der Waals surface area contributed by atoms with E-state index in [4.69, 9.17) is 28.4 Å². The van der Waals surface area contributed by atoms with Crippen LogP contribution in [0.1, 0.15) is 65.7 Å². The monoisotopic (exact) mass is 546 g/mol. The van der Waals surface area contributed by atoms with Crippen molar-refractivity contribution in [3.8, 4) is 0 Å². The quantitative estimate of drug-likeness (QED) is 0.168. The Morgan fingerprint density at radius 3 is 2.23 bits per heavy atom. The number of hydrogen-bond donors (Lipinski definition) is 0. The molecule has 4 heterocycles. The summed E-state index contributed by atoms with van der Waals surface area (Å²) in [4.78, 5) is 0. The van der Waals surface area contributed by atoms with Crippen molar-refractivity contribution < 1.29 is 28.4 Å². The Morgan fingerprint density at radius 2 is 1.72 bits per heavy atom. The van der Waals surface area contributed by atoms with Gasteiger partial charge in [0.05, 0.1) is 70.2 Å². The predicted molar refractivity (Wildman–Crippen MR) is 157 cm³/mol. The maximum absolute atomic E-state index is 5.60. The number of epoxide rings is 3. The Hall–Kier alpha value is -1.28. The van der Waals surface area contributed by atoms with Gasteiger partial charge in [0.15, 0.2) is 0 Å². The molecule has 0 N–H and O–H groups in total. The Balaban J connectivity index is 0.000000145. The van der Waals surface area contributed by atoms with Gasteiger partial charge in [-0.25, -0.2) is 0 Å². The fourth-order valence-electron chi connectivity index (χ4n) is 5.33. The van der Waals surface area contributed by atoms with E-state index in [-0.39, 0.29) is 5.60 Å².